The number of hydrogen-bond acceptors (Lipinski definition) is 13. The van der Waals surface area contributed by atoms with E-state index in [0.29, 0.717) is 51.6 Å². The van der Waals surface area contributed by atoms with E-state index >= 15 is 0 Å². The van der Waals surface area contributed by atoms with E-state index < -0.39 is 18.1 Å². The van der Waals surface area contributed by atoms with Crippen molar-refractivity contribution in [1.82, 2.24) is 34.3 Å². The van der Waals surface area contributed by atoms with Crippen molar-refractivity contribution in [2.24, 2.45) is 0 Å². The van der Waals surface area contributed by atoms with Crippen LogP contribution in [-0.2, 0) is 16.0 Å². The highest BCUT2D eigenvalue weighted by molar-refractivity contribution is 8.01. The van der Waals surface area contributed by atoms with Crippen molar-refractivity contribution in [2.75, 3.05) is 56.2 Å². The third kappa shape index (κ3) is 5.47. The Morgan fingerprint density at radius 2 is 1.98 bits per heavy atom. The topological polar surface area (TPSA) is 157 Å². The van der Waals surface area contributed by atoms with Crippen LogP contribution < -0.4 is 15.3 Å². The lowest BCUT2D eigenvalue weighted by atomic mass is 10.1. The largest absolute Gasteiger partial charge is 0.480 e. The zero-order valence-electron chi connectivity index (χ0n) is 23.3. The number of benzene rings is 1. The maximum Gasteiger partial charge on any atom is 0.322 e. The number of aliphatic hydroxyl groups is 1. The van der Waals surface area contributed by atoms with Crippen LogP contribution in [0, 0.1) is 17.1 Å². The van der Waals surface area contributed by atoms with Crippen molar-refractivity contribution < 1.29 is 24.2 Å². The first-order valence-corrected chi connectivity index (χ1v) is 15.2. The fourth-order valence-electron chi connectivity index (χ4n) is 5.22. The van der Waals surface area contributed by atoms with Gasteiger partial charge in [-0.1, -0.05) is 22.8 Å². The first-order valence-electron chi connectivity index (χ1n) is 13.6. The number of nitrogens with one attached hydrogen (secondary N) is 1. The molecule has 2 saturated heterocycles. The van der Waals surface area contributed by atoms with Crippen LogP contribution in [0.5, 0.6) is 0 Å². The molecular formula is C26H29FN10O4S2. The smallest absolute Gasteiger partial charge is 0.322 e. The molecule has 0 unspecified atom stereocenters. The number of likely N-dealkylation sites (tertiary alicyclic amines) is 1. The summed E-state index contributed by atoms with van der Waals surface area (Å²) in [6.07, 6.45) is 0.104. The number of hydrazine groups is 2. The van der Waals surface area contributed by atoms with Crippen LogP contribution in [-0.4, -0.2) is 109 Å². The second-order valence-electron chi connectivity index (χ2n) is 10.4. The Morgan fingerprint density at radius 1 is 1.23 bits per heavy atom. The fourth-order valence-corrected chi connectivity index (χ4v) is 6.98. The molecule has 0 radical (unpaired) electrons. The van der Waals surface area contributed by atoms with Crippen molar-refractivity contribution in [2.45, 2.75) is 25.5 Å². The number of aliphatic hydroxyl groups excluding tert-OH is 1. The Bertz CT molecular complexity index is 1630. The summed E-state index contributed by atoms with van der Waals surface area (Å²) < 4.78 is 16.9. The number of aliphatic carboxylic acids is 1. The number of amides is 1. The monoisotopic (exact) mass is 628 g/mol. The number of hydrogen-bond donors (Lipinski definition) is 3. The minimum absolute atomic E-state index is 0.0212. The standard InChI is InChI=1S/C26H29FN10O4S2/c1-3-18-23(32(2)37-30-22(20(10-28)43-37)15-4-6-16(27)7-5-15)36-25(29-18)42-26(31-36)34-9-8-33(19(13-34)24(40)41)14-21(39)35-11-17(38)12-35/h4-7,17,19,30,38H,3,8-9,11-14H2,1-2H3,(H,40,41)/t19-/m1/s1. The average Bonchev–Trinajstić information content (AvgIpc) is 3.68. The molecule has 3 aliphatic heterocycles. The minimum Gasteiger partial charge on any atom is -0.480 e. The molecule has 5 heterocycles. The normalized spacial score (nSPS) is 19.9. The molecule has 0 bridgehead atoms. The molecule has 0 saturated carbocycles. The predicted molar refractivity (Wildman–Crippen MR) is 158 cm³/mol. The lowest BCUT2D eigenvalue weighted by Crippen LogP contribution is -2.61. The van der Waals surface area contributed by atoms with Crippen molar-refractivity contribution in [3.05, 3.63) is 46.2 Å². The lowest BCUT2D eigenvalue weighted by molar-refractivity contribution is -0.148. The number of fused-ring (bicyclic) bond motifs is 1. The molecular weight excluding hydrogens is 599 g/mol. The molecule has 0 spiro atoms. The molecule has 226 valence electrons. The number of nitriles is 1. The van der Waals surface area contributed by atoms with Gasteiger partial charge in [0.15, 0.2) is 5.82 Å². The van der Waals surface area contributed by atoms with E-state index in [4.69, 9.17) is 10.1 Å². The van der Waals surface area contributed by atoms with Crippen LogP contribution in [0.25, 0.3) is 10.7 Å². The van der Waals surface area contributed by atoms with E-state index in [9.17, 15) is 29.5 Å². The van der Waals surface area contributed by atoms with Gasteiger partial charge in [-0.15, -0.1) is 5.10 Å². The number of imidazole rings is 1. The number of rotatable bonds is 8. The Hall–Kier alpha value is -3.95. The van der Waals surface area contributed by atoms with Crippen LogP contribution in [0.2, 0.25) is 0 Å². The summed E-state index contributed by atoms with van der Waals surface area (Å²) in [5.74, 6) is -0.907. The summed E-state index contributed by atoms with van der Waals surface area (Å²) in [5, 5.41) is 36.5. The summed E-state index contributed by atoms with van der Waals surface area (Å²) in [6, 6.07) is 7.19. The number of halogens is 1. The van der Waals surface area contributed by atoms with E-state index in [1.807, 2.05) is 18.9 Å². The first-order chi connectivity index (χ1) is 20.7. The lowest BCUT2D eigenvalue weighted by Gasteiger charge is -2.41. The van der Waals surface area contributed by atoms with E-state index in [2.05, 4.69) is 11.5 Å². The summed E-state index contributed by atoms with van der Waals surface area (Å²) in [5.41, 5.74) is 5.23. The summed E-state index contributed by atoms with van der Waals surface area (Å²) in [4.78, 5) is 35.7. The molecule has 1 amide bonds. The highest BCUT2D eigenvalue weighted by atomic mass is 32.2. The number of aromatic nitrogens is 3. The Balaban J connectivity index is 1.21. The molecule has 3 aliphatic rings. The van der Waals surface area contributed by atoms with Gasteiger partial charge in [0.05, 0.1) is 24.0 Å². The van der Waals surface area contributed by atoms with Gasteiger partial charge in [-0.05, 0) is 30.7 Å². The summed E-state index contributed by atoms with van der Waals surface area (Å²) >= 11 is 2.53. The van der Waals surface area contributed by atoms with Crippen molar-refractivity contribution in [3.8, 4) is 6.07 Å². The van der Waals surface area contributed by atoms with Gasteiger partial charge in [0.25, 0.3) is 0 Å². The van der Waals surface area contributed by atoms with E-state index in [1.54, 1.807) is 31.1 Å². The Morgan fingerprint density at radius 3 is 2.63 bits per heavy atom. The van der Waals surface area contributed by atoms with Crippen molar-refractivity contribution in [1.29, 1.82) is 5.26 Å². The van der Waals surface area contributed by atoms with Crippen LogP contribution in [0.1, 0.15) is 18.2 Å². The van der Waals surface area contributed by atoms with Crippen molar-refractivity contribution >= 4 is 56.8 Å². The highest BCUT2D eigenvalue weighted by Crippen LogP contribution is 2.38. The van der Waals surface area contributed by atoms with Gasteiger partial charge in [-0.25, -0.2) is 9.37 Å². The molecule has 2 aromatic heterocycles. The maximum absolute atomic E-state index is 13.5. The molecule has 43 heavy (non-hydrogen) atoms. The van der Waals surface area contributed by atoms with Gasteiger partial charge < -0.3 is 20.0 Å². The van der Waals surface area contributed by atoms with E-state index in [0.717, 1.165) is 5.69 Å². The zero-order chi connectivity index (χ0) is 30.4. The fraction of sp³-hybridized carbons (Fsp3) is 0.423. The van der Waals surface area contributed by atoms with Crippen LogP contribution >= 0.6 is 23.3 Å². The number of anilines is 2. The predicted octanol–water partition coefficient (Wildman–Crippen LogP) is 0.983. The van der Waals surface area contributed by atoms with Crippen molar-refractivity contribution in [3.63, 3.8) is 0 Å². The number of β-amino-alcohol motifs (C(OH)–C–C–N with tert-alkyl or cyclic N) is 1. The number of carboxylic acids is 1. The molecule has 0 aliphatic carbocycles. The third-order valence-corrected chi connectivity index (χ3v) is 9.56. The second kappa shape index (κ2) is 11.6. The van der Waals surface area contributed by atoms with Crippen LogP contribution in [0.3, 0.4) is 0 Å². The number of aryl methyl sites for hydroxylation is 1. The number of carbonyl (C=O) groups excluding carboxylic acids is 1. The quantitative estimate of drug-likeness (QED) is 0.304. The number of carboxylic acid groups (broad SMARTS) is 1. The van der Waals surface area contributed by atoms with E-state index in [1.165, 1.54) is 40.3 Å². The molecule has 1 atom stereocenters. The molecule has 1 aromatic carbocycles. The summed E-state index contributed by atoms with van der Waals surface area (Å²) in [6.45, 7) is 3.49. The minimum atomic E-state index is -1.02. The Labute approximate surface area is 254 Å². The van der Waals surface area contributed by atoms with Gasteiger partial charge in [0.1, 0.15) is 22.8 Å². The second-order valence-corrected chi connectivity index (χ2v) is 12.2. The van der Waals surface area contributed by atoms with Gasteiger partial charge in [0, 0.05) is 57.3 Å². The van der Waals surface area contributed by atoms with Gasteiger partial charge in [-0.2, -0.15) is 9.78 Å². The molecule has 3 N–H and O–H groups in total. The van der Waals surface area contributed by atoms with Crippen LogP contribution in [0.4, 0.5) is 15.3 Å². The average molecular weight is 629 g/mol. The number of carbonyl (C=O) groups is 2. The first kappa shape index (κ1) is 29.1. The number of nitrogens with zero attached hydrogens (tertiary/aromatic N) is 9. The Kier molecular flexibility index (Phi) is 7.87. The molecule has 14 nitrogen and oxygen atoms in total. The van der Waals surface area contributed by atoms with Crippen LogP contribution in [0.15, 0.2) is 29.2 Å². The van der Waals surface area contributed by atoms with Gasteiger partial charge >= 0.3 is 5.97 Å². The zero-order valence-corrected chi connectivity index (χ0v) is 25.0. The number of allylic oxidation sites excluding steroid dienone is 1. The maximum atomic E-state index is 13.5. The SMILES string of the molecule is CCc1nc2sc(N3CCN(CC(=O)N4CC(O)C4)[C@@H](C(=O)O)C3)nn2c1N(C)N1NC(c2ccc(F)cc2)=C(C#N)S1. The summed E-state index contributed by atoms with van der Waals surface area (Å²) in [7, 11) is 1.82. The molecule has 2 fully saturated rings. The number of piperazine rings is 1. The third-order valence-electron chi connectivity index (χ3n) is 7.60. The van der Waals surface area contributed by atoms with Gasteiger partial charge in [0.2, 0.25) is 16.0 Å². The highest BCUT2D eigenvalue weighted by Gasteiger charge is 2.38. The van der Waals surface area contributed by atoms with E-state index in [-0.39, 0.29) is 37.9 Å². The molecule has 6 rings (SSSR count). The van der Waals surface area contributed by atoms with Gasteiger partial charge in [-0.3, -0.25) is 24.9 Å². The molecule has 3 aromatic rings. The molecule has 17 heteroatoms.